The second-order valence-corrected chi connectivity index (χ2v) is 4.54. The molecule has 22 heavy (non-hydrogen) atoms. The van der Waals surface area contributed by atoms with E-state index in [-0.39, 0.29) is 18.9 Å². The van der Waals surface area contributed by atoms with E-state index < -0.39 is 5.91 Å². The summed E-state index contributed by atoms with van der Waals surface area (Å²) in [5, 5.41) is 25.1. The molecule has 1 aromatic heterocycles. The Kier molecular flexibility index (Phi) is 4.64. The summed E-state index contributed by atoms with van der Waals surface area (Å²) in [4.78, 5) is 11.9. The van der Waals surface area contributed by atoms with Crippen LogP contribution in [0.2, 0.25) is 0 Å². The van der Waals surface area contributed by atoms with Gasteiger partial charge in [-0.25, -0.2) is 4.68 Å². The number of amides is 1. The lowest BCUT2D eigenvalue weighted by atomic mass is 10.1. The summed E-state index contributed by atoms with van der Waals surface area (Å²) in [7, 11) is 0. The third kappa shape index (κ3) is 3.55. The molecule has 0 fully saturated rings. The van der Waals surface area contributed by atoms with Gasteiger partial charge in [-0.1, -0.05) is 0 Å². The number of aliphatic hydroxyl groups is 1. The van der Waals surface area contributed by atoms with Crippen molar-refractivity contribution in [3.8, 4) is 5.75 Å². The van der Waals surface area contributed by atoms with E-state index in [1.165, 1.54) is 29.1 Å². The first-order chi connectivity index (χ1) is 10.5. The highest BCUT2D eigenvalue weighted by Gasteiger charge is 2.10. The van der Waals surface area contributed by atoms with Gasteiger partial charge in [0.1, 0.15) is 5.75 Å². The van der Waals surface area contributed by atoms with Gasteiger partial charge in [0, 0.05) is 17.3 Å². The van der Waals surface area contributed by atoms with Gasteiger partial charge in [0.2, 0.25) is 5.91 Å². The fraction of sp³-hybridized carbons (Fsp3) is 0.143. The van der Waals surface area contributed by atoms with Crippen molar-refractivity contribution in [2.45, 2.75) is 6.54 Å². The molecule has 0 radical (unpaired) electrons. The maximum atomic E-state index is 11.9. The minimum absolute atomic E-state index is 0.0167. The lowest BCUT2D eigenvalue weighted by Crippen LogP contribution is -2.15. The molecule has 0 spiro atoms. The van der Waals surface area contributed by atoms with Crippen LogP contribution in [0.4, 0.5) is 17.2 Å². The van der Waals surface area contributed by atoms with Gasteiger partial charge in [-0.15, -0.1) is 0 Å². The second kappa shape index (κ2) is 6.64. The Morgan fingerprint density at radius 2 is 2.18 bits per heavy atom. The van der Waals surface area contributed by atoms with E-state index in [0.29, 0.717) is 22.8 Å². The number of nitrogens with one attached hydrogen (secondary N) is 1. The summed E-state index contributed by atoms with van der Waals surface area (Å²) >= 11 is 0. The number of nitrogen functional groups attached to an aromatic ring is 2. The molecule has 1 amide bonds. The van der Waals surface area contributed by atoms with Gasteiger partial charge in [-0.05, 0) is 24.3 Å². The van der Waals surface area contributed by atoms with Crippen LogP contribution in [0.1, 0.15) is 5.56 Å². The molecule has 1 aromatic carbocycles. The van der Waals surface area contributed by atoms with Crippen molar-refractivity contribution in [3.05, 3.63) is 36.0 Å². The van der Waals surface area contributed by atoms with Crippen molar-refractivity contribution < 1.29 is 15.0 Å². The number of phenols is 1. The van der Waals surface area contributed by atoms with Gasteiger partial charge in [-0.2, -0.15) is 5.10 Å². The third-order valence-corrected chi connectivity index (χ3v) is 2.89. The van der Waals surface area contributed by atoms with Gasteiger partial charge < -0.3 is 27.0 Å². The summed E-state index contributed by atoms with van der Waals surface area (Å²) in [6.07, 6.45) is 4.06. The number of nitrogens with zero attached hydrogens (tertiary/aromatic N) is 2. The van der Waals surface area contributed by atoms with Crippen LogP contribution in [0.5, 0.6) is 5.75 Å². The summed E-state index contributed by atoms with van der Waals surface area (Å²) in [5.41, 5.74) is 12.5. The lowest BCUT2D eigenvalue weighted by Gasteiger charge is -2.07. The molecular formula is C14H17N5O3. The quantitative estimate of drug-likeness (QED) is 0.308. The molecule has 0 aliphatic rings. The smallest absolute Gasteiger partial charge is 0.249 e. The van der Waals surface area contributed by atoms with E-state index in [1.54, 1.807) is 12.1 Å². The van der Waals surface area contributed by atoms with Crippen molar-refractivity contribution in [1.29, 1.82) is 0 Å². The molecule has 0 saturated heterocycles. The summed E-state index contributed by atoms with van der Waals surface area (Å²) in [5.74, 6) is -0.128. The van der Waals surface area contributed by atoms with E-state index in [4.69, 9.17) is 16.6 Å². The Bertz CT molecular complexity index is 708. The van der Waals surface area contributed by atoms with Crippen molar-refractivity contribution >= 4 is 29.2 Å². The van der Waals surface area contributed by atoms with Crippen LogP contribution in [-0.4, -0.2) is 32.5 Å². The zero-order valence-electron chi connectivity index (χ0n) is 11.7. The van der Waals surface area contributed by atoms with Gasteiger partial charge in [0.25, 0.3) is 0 Å². The molecular weight excluding hydrogens is 286 g/mol. The Balaban J connectivity index is 2.11. The maximum absolute atomic E-state index is 11.9. The van der Waals surface area contributed by atoms with Crippen molar-refractivity contribution in [2.75, 3.05) is 23.4 Å². The number of nitrogens with two attached hydrogens (primary N) is 2. The zero-order valence-corrected chi connectivity index (χ0v) is 11.7. The van der Waals surface area contributed by atoms with E-state index in [1.807, 2.05) is 0 Å². The van der Waals surface area contributed by atoms with Gasteiger partial charge >= 0.3 is 0 Å². The highest BCUT2D eigenvalue weighted by molar-refractivity contribution is 6.03. The van der Waals surface area contributed by atoms with Crippen LogP contribution in [0.15, 0.2) is 30.5 Å². The fourth-order valence-corrected chi connectivity index (χ4v) is 1.83. The van der Waals surface area contributed by atoms with Crippen LogP contribution < -0.4 is 16.8 Å². The van der Waals surface area contributed by atoms with Crippen LogP contribution >= 0.6 is 0 Å². The first-order valence-corrected chi connectivity index (χ1v) is 6.51. The maximum Gasteiger partial charge on any atom is 0.249 e. The van der Waals surface area contributed by atoms with E-state index in [0.717, 1.165) is 0 Å². The van der Waals surface area contributed by atoms with Crippen molar-refractivity contribution in [3.63, 3.8) is 0 Å². The largest absolute Gasteiger partial charge is 0.507 e. The summed E-state index contributed by atoms with van der Waals surface area (Å²) in [6, 6.07) is 4.55. The lowest BCUT2D eigenvalue weighted by molar-refractivity contribution is -0.111. The van der Waals surface area contributed by atoms with Crippen LogP contribution in [-0.2, 0) is 11.3 Å². The highest BCUT2D eigenvalue weighted by atomic mass is 16.3. The number of hydrogen-bond donors (Lipinski definition) is 5. The Labute approximate surface area is 126 Å². The molecule has 1 heterocycles. The van der Waals surface area contributed by atoms with Gasteiger partial charge in [0.05, 0.1) is 25.0 Å². The first kappa shape index (κ1) is 15.4. The average Bonchev–Trinajstić information content (AvgIpc) is 2.82. The minimum Gasteiger partial charge on any atom is -0.507 e. The van der Waals surface area contributed by atoms with Crippen LogP contribution in [0.25, 0.3) is 6.08 Å². The average molecular weight is 303 g/mol. The highest BCUT2D eigenvalue weighted by Crippen LogP contribution is 2.21. The van der Waals surface area contributed by atoms with Crippen LogP contribution in [0.3, 0.4) is 0 Å². The third-order valence-electron chi connectivity index (χ3n) is 2.89. The Morgan fingerprint density at radius 1 is 1.41 bits per heavy atom. The normalized spacial score (nSPS) is 11.0. The molecule has 0 bridgehead atoms. The fourth-order valence-electron chi connectivity index (χ4n) is 1.83. The Hall–Kier alpha value is -3.00. The number of benzene rings is 1. The second-order valence-electron chi connectivity index (χ2n) is 4.54. The van der Waals surface area contributed by atoms with E-state index in [2.05, 4.69) is 10.4 Å². The van der Waals surface area contributed by atoms with Gasteiger partial charge in [-0.3, -0.25) is 4.79 Å². The number of aromatic nitrogens is 2. The number of carbonyl (C=O) groups is 1. The number of aliphatic hydroxyl groups excluding tert-OH is 1. The van der Waals surface area contributed by atoms with Gasteiger partial charge in [0.15, 0.2) is 5.82 Å². The predicted octanol–water partition coefficient (Wildman–Crippen LogP) is 0.397. The molecule has 0 atom stereocenters. The summed E-state index contributed by atoms with van der Waals surface area (Å²) in [6.45, 7) is 0.0868. The topological polar surface area (TPSA) is 139 Å². The molecule has 7 N–H and O–H groups in total. The predicted molar refractivity (Wildman–Crippen MR) is 83.9 cm³/mol. The Morgan fingerprint density at radius 3 is 2.91 bits per heavy atom. The van der Waals surface area contributed by atoms with Crippen molar-refractivity contribution in [2.24, 2.45) is 0 Å². The van der Waals surface area contributed by atoms with Crippen molar-refractivity contribution in [1.82, 2.24) is 9.78 Å². The summed E-state index contributed by atoms with van der Waals surface area (Å²) < 4.78 is 1.39. The van der Waals surface area contributed by atoms with E-state index in [9.17, 15) is 9.90 Å². The standard InChI is InChI=1S/C14H17N5O3/c15-10-2-3-12(21)9(7-10)1-4-13(22)18-14-11(16)8-17-19(14)5-6-20/h1-4,7-8,20-21H,5-6,15-16H2,(H,18,22)/b4-1+. The molecule has 8 nitrogen and oxygen atoms in total. The number of aromatic hydroxyl groups is 1. The number of anilines is 3. The SMILES string of the molecule is Nc1ccc(O)c(/C=C/C(=O)Nc2c(N)cnn2CCO)c1. The molecule has 116 valence electrons. The number of rotatable bonds is 5. The number of carbonyl (C=O) groups excluding carboxylic acids is 1. The molecule has 0 unspecified atom stereocenters. The molecule has 0 aliphatic heterocycles. The van der Waals surface area contributed by atoms with E-state index >= 15 is 0 Å². The molecule has 8 heteroatoms. The molecule has 2 rings (SSSR count). The zero-order chi connectivity index (χ0) is 16.1. The molecule has 2 aromatic rings. The monoisotopic (exact) mass is 303 g/mol. The number of hydrogen-bond acceptors (Lipinski definition) is 6. The molecule has 0 saturated carbocycles. The van der Waals surface area contributed by atoms with Crippen LogP contribution in [0, 0.1) is 0 Å². The first-order valence-electron chi connectivity index (χ1n) is 6.51. The number of phenolic OH excluding ortho intramolecular Hbond substituents is 1. The molecule has 0 aliphatic carbocycles. The minimum atomic E-state index is -0.451.